The predicted molar refractivity (Wildman–Crippen MR) is 134 cm³/mol. The van der Waals surface area contributed by atoms with E-state index in [2.05, 4.69) is 22.5 Å². The lowest BCUT2D eigenvalue weighted by molar-refractivity contribution is -0.185. The summed E-state index contributed by atoms with van der Waals surface area (Å²) >= 11 is 0. The summed E-state index contributed by atoms with van der Waals surface area (Å²) in [5.41, 5.74) is 0.259. The average Bonchev–Trinajstić information content (AvgIpc) is 3.34. The van der Waals surface area contributed by atoms with Crippen molar-refractivity contribution in [2.24, 2.45) is 11.3 Å². The van der Waals surface area contributed by atoms with E-state index in [-0.39, 0.29) is 29.8 Å². The summed E-state index contributed by atoms with van der Waals surface area (Å²) in [5.74, 6) is 1.16. The van der Waals surface area contributed by atoms with E-state index in [9.17, 15) is 14.7 Å². The number of para-hydroxylation sites is 1. The van der Waals surface area contributed by atoms with Crippen LogP contribution in [0.3, 0.4) is 0 Å². The Morgan fingerprint density at radius 1 is 1.25 bits per heavy atom. The molecule has 0 aliphatic carbocycles. The van der Waals surface area contributed by atoms with Crippen LogP contribution in [0, 0.1) is 11.3 Å². The molecule has 194 valence electrons. The van der Waals surface area contributed by atoms with Crippen LogP contribution < -0.4 is 4.74 Å². The Morgan fingerprint density at radius 3 is 2.89 bits per heavy atom. The summed E-state index contributed by atoms with van der Waals surface area (Å²) in [6.45, 7) is 6.80. The maximum atomic E-state index is 13.2. The summed E-state index contributed by atoms with van der Waals surface area (Å²) in [5, 5.41) is 9.40. The third-order valence-electron chi connectivity index (χ3n) is 8.47. The van der Waals surface area contributed by atoms with Crippen LogP contribution in [0.2, 0.25) is 0 Å². The minimum Gasteiger partial charge on any atom is -0.487 e. The second-order valence-corrected chi connectivity index (χ2v) is 10.9. The molecule has 36 heavy (non-hydrogen) atoms. The van der Waals surface area contributed by atoms with Gasteiger partial charge < -0.3 is 24.0 Å². The van der Waals surface area contributed by atoms with Gasteiger partial charge in [-0.3, -0.25) is 9.59 Å². The molecule has 4 atom stereocenters. The number of fused-ring (bicyclic) bond motifs is 3. The second kappa shape index (κ2) is 9.88. The fourth-order valence-electron chi connectivity index (χ4n) is 6.52. The van der Waals surface area contributed by atoms with Gasteiger partial charge in [-0.2, -0.15) is 0 Å². The van der Waals surface area contributed by atoms with Crippen molar-refractivity contribution in [2.45, 2.75) is 77.0 Å². The molecule has 4 heterocycles. The molecule has 1 N–H and O–H groups in total. The number of carbonyl (C=O) groups excluding carboxylic acids is 1. The molecule has 2 fully saturated rings. The van der Waals surface area contributed by atoms with E-state index < -0.39 is 11.6 Å². The summed E-state index contributed by atoms with van der Waals surface area (Å²) < 4.78 is 15.2. The van der Waals surface area contributed by atoms with Crippen LogP contribution in [0.25, 0.3) is 0 Å². The van der Waals surface area contributed by atoms with Crippen LogP contribution in [-0.4, -0.2) is 56.7 Å². The highest BCUT2D eigenvalue weighted by Gasteiger charge is 2.54. The topological polar surface area (TPSA) is 93.9 Å². The predicted octanol–water partition coefficient (Wildman–Crippen LogP) is 4.24. The van der Waals surface area contributed by atoms with Gasteiger partial charge in [0.1, 0.15) is 17.2 Å². The Bertz CT molecular complexity index is 1120. The molecule has 5 rings (SSSR count). The van der Waals surface area contributed by atoms with Crippen LogP contribution in [0.5, 0.6) is 5.75 Å². The van der Waals surface area contributed by atoms with Gasteiger partial charge in [-0.05, 0) is 38.7 Å². The summed E-state index contributed by atoms with van der Waals surface area (Å²) in [6.07, 6.45) is 8.18. The number of nitrogens with zero attached hydrogens (tertiary/aromatic N) is 3. The number of benzene rings is 1. The highest BCUT2D eigenvalue weighted by atomic mass is 16.5. The van der Waals surface area contributed by atoms with Gasteiger partial charge in [-0.15, -0.1) is 0 Å². The Hall–Kier alpha value is -2.87. The first-order valence-electron chi connectivity index (χ1n) is 13.2. The van der Waals surface area contributed by atoms with Gasteiger partial charge in [-0.1, -0.05) is 25.1 Å². The van der Waals surface area contributed by atoms with Crippen molar-refractivity contribution in [3.63, 3.8) is 0 Å². The maximum Gasteiger partial charge on any atom is 0.303 e. The number of carboxylic acids is 1. The Kier molecular flexibility index (Phi) is 6.81. The Morgan fingerprint density at radius 2 is 2.08 bits per heavy atom. The number of aromatic nitrogens is 2. The van der Waals surface area contributed by atoms with Gasteiger partial charge in [0.25, 0.3) is 0 Å². The van der Waals surface area contributed by atoms with E-state index in [4.69, 9.17) is 9.47 Å². The minimum absolute atomic E-state index is 0.0219. The first kappa shape index (κ1) is 24.8. The lowest BCUT2D eigenvalue weighted by Gasteiger charge is -2.55. The van der Waals surface area contributed by atoms with Crippen molar-refractivity contribution in [3.8, 4) is 5.75 Å². The quantitative estimate of drug-likeness (QED) is 0.618. The van der Waals surface area contributed by atoms with E-state index in [0.29, 0.717) is 32.5 Å². The van der Waals surface area contributed by atoms with Gasteiger partial charge >= 0.3 is 5.97 Å². The molecule has 8 heteroatoms. The van der Waals surface area contributed by atoms with Crippen molar-refractivity contribution in [2.75, 3.05) is 19.7 Å². The molecule has 0 unspecified atom stereocenters. The average molecular weight is 496 g/mol. The highest BCUT2D eigenvalue weighted by molar-refractivity contribution is 5.76. The third-order valence-corrected chi connectivity index (χ3v) is 8.47. The van der Waals surface area contributed by atoms with Crippen molar-refractivity contribution in [3.05, 3.63) is 48.0 Å². The molecule has 0 radical (unpaired) electrons. The SMILES string of the molecule is CCc1nccn1CCC(=O)N1CCC[C@]2(CO[C@H]3c4ccccc4O[C@](C)(CCC(=O)O)[C@@H]3C2)C1. The molecule has 2 saturated heterocycles. The number of likely N-dealkylation sites (tertiary alicyclic amines) is 1. The number of aryl methyl sites for hydroxylation is 2. The van der Waals surface area contributed by atoms with Crippen molar-refractivity contribution >= 4 is 11.9 Å². The van der Waals surface area contributed by atoms with E-state index >= 15 is 0 Å². The molecule has 3 aliphatic rings. The number of amides is 1. The van der Waals surface area contributed by atoms with Crippen LogP contribution in [0.4, 0.5) is 0 Å². The standard InChI is InChI=1S/C28H37N3O5/c1-3-23-29-13-16-30(23)15-10-24(32)31-14-6-11-28(18-31)17-21-26(35-19-28)20-7-4-5-8-22(20)36-27(21,2)12-9-25(33)34/h4-5,7-8,13,16,21,26H,3,6,9-12,14-15,17-19H2,1-2H3,(H,33,34)/t21-,26+,27-,28-/m1/s1. The van der Waals surface area contributed by atoms with Crippen LogP contribution in [0.15, 0.2) is 36.7 Å². The first-order chi connectivity index (χ1) is 17.3. The number of aliphatic carboxylic acids is 1. The fraction of sp³-hybridized carbons (Fsp3) is 0.607. The smallest absolute Gasteiger partial charge is 0.303 e. The van der Waals surface area contributed by atoms with Crippen molar-refractivity contribution in [1.82, 2.24) is 14.5 Å². The van der Waals surface area contributed by atoms with Gasteiger partial charge in [0.2, 0.25) is 5.91 Å². The molecule has 0 bridgehead atoms. The van der Waals surface area contributed by atoms with Crippen molar-refractivity contribution in [1.29, 1.82) is 0 Å². The number of carbonyl (C=O) groups is 2. The lowest BCUT2D eigenvalue weighted by atomic mass is 9.64. The van der Waals surface area contributed by atoms with Gasteiger partial charge in [0.05, 0.1) is 12.7 Å². The highest BCUT2D eigenvalue weighted by Crippen LogP contribution is 2.56. The minimum atomic E-state index is -0.819. The zero-order valence-electron chi connectivity index (χ0n) is 21.3. The normalized spacial score (nSPS) is 29.3. The fourth-order valence-corrected chi connectivity index (χ4v) is 6.52. The first-order valence-corrected chi connectivity index (χ1v) is 13.2. The van der Waals surface area contributed by atoms with E-state index in [1.165, 1.54) is 0 Å². The molecular formula is C28H37N3O5. The van der Waals surface area contributed by atoms with Gasteiger partial charge in [0.15, 0.2) is 0 Å². The summed E-state index contributed by atoms with van der Waals surface area (Å²) in [6, 6.07) is 7.94. The molecular weight excluding hydrogens is 458 g/mol. The maximum absolute atomic E-state index is 13.2. The number of hydrogen-bond acceptors (Lipinski definition) is 5. The Labute approximate surface area is 212 Å². The molecule has 1 amide bonds. The molecule has 2 aromatic rings. The van der Waals surface area contributed by atoms with E-state index in [1.54, 1.807) is 6.20 Å². The monoisotopic (exact) mass is 495 g/mol. The van der Waals surface area contributed by atoms with Crippen molar-refractivity contribution < 1.29 is 24.2 Å². The number of ether oxygens (including phenoxy) is 2. The van der Waals surface area contributed by atoms with Gasteiger partial charge in [0, 0.05) is 68.2 Å². The molecule has 0 saturated carbocycles. The summed E-state index contributed by atoms with van der Waals surface area (Å²) in [4.78, 5) is 31.1. The Balaban J connectivity index is 1.32. The van der Waals surface area contributed by atoms with Crippen LogP contribution in [0.1, 0.15) is 69.9 Å². The molecule has 1 aromatic heterocycles. The molecule has 3 aliphatic heterocycles. The molecule has 1 aromatic carbocycles. The number of carboxylic acid groups (broad SMARTS) is 1. The molecule has 1 spiro atoms. The van der Waals surface area contributed by atoms with E-state index in [1.807, 2.05) is 36.2 Å². The number of piperidine rings is 1. The second-order valence-electron chi connectivity index (χ2n) is 10.9. The van der Waals surface area contributed by atoms with E-state index in [0.717, 1.165) is 49.4 Å². The largest absolute Gasteiger partial charge is 0.487 e. The molecule has 8 nitrogen and oxygen atoms in total. The van der Waals surface area contributed by atoms with Gasteiger partial charge in [-0.25, -0.2) is 4.98 Å². The number of rotatable bonds is 7. The zero-order valence-corrected chi connectivity index (χ0v) is 21.3. The number of hydrogen-bond donors (Lipinski definition) is 1. The summed E-state index contributed by atoms with van der Waals surface area (Å²) in [7, 11) is 0. The number of imidazole rings is 1. The van der Waals surface area contributed by atoms with Crippen LogP contribution >= 0.6 is 0 Å². The third kappa shape index (κ3) is 4.75. The van der Waals surface area contributed by atoms with Crippen LogP contribution in [-0.2, 0) is 27.3 Å². The lowest BCUT2D eigenvalue weighted by Crippen LogP contribution is -2.57. The zero-order chi connectivity index (χ0) is 25.3.